The third kappa shape index (κ3) is 4.42. The molecule has 5 nitrogen and oxygen atoms in total. The second-order valence-electron chi connectivity index (χ2n) is 3.96. The van der Waals surface area contributed by atoms with Crippen molar-refractivity contribution in [1.29, 1.82) is 0 Å². The fraction of sp³-hybridized carbons (Fsp3) is 0.154. The molecule has 110 valence electrons. The van der Waals surface area contributed by atoms with E-state index in [1.54, 1.807) is 0 Å². The van der Waals surface area contributed by atoms with Gasteiger partial charge in [0.1, 0.15) is 9.36 Å². The number of halogens is 2. The lowest BCUT2D eigenvalue weighted by Gasteiger charge is -2.06. The van der Waals surface area contributed by atoms with Crippen LogP contribution in [0, 0.1) is 0 Å². The molecule has 0 saturated heterocycles. The van der Waals surface area contributed by atoms with Crippen molar-refractivity contribution in [2.24, 2.45) is 0 Å². The molecule has 1 amide bonds. The highest BCUT2D eigenvalue weighted by atomic mass is 35.5. The number of nitrogens with one attached hydrogen (secondary N) is 1. The first-order chi connectivity index (χ1) is 10.1. The monoisotopic (exact) mass is 344 g/mol. The summed E-state index contributed by atoms with van der Waals surface area (Å²) in [6, 6.07) is 9.38. The molecule has 0 aliphatic heterocycles. The van der Waals surface area contributed by atoms with Crippen molar-refractivity contribution in [2.75, 3.05) is 6.61 Å². The Labute approximate surface area is 135 Å². The summed E-state index contributed by atoms with van der Waals surface area (Å²) < 4.78 is 8.79. The van der Waals surface area contributed by atoms with Crippen LogP contribution in [-0.2, 0) is 16.1 Å². The maximum Gasteiger partial charge on any atom is 0.360 e. The van der Waals surface area contributed by atoms with Crippen molar-refractivity contribution in [2.45, 2.75) is 6.54 Å². The molecule has 0 unspecified atom stereocenters. The predicted molar refractivity (Wildman–Crippen MR) is 80.7 cm³/mol. The summed E-state index contributed by atoms with van der Waals surface area (Å²) in [5, 5.41) is 2.67. The molecule has 0 bridgehead atoms. The van der Waals surface area contributed by atoms with Crippen molar-refractivity contribution < 1.29 is 14.3 Å². The predicted octanol–water partition coefficient (Wildman–Crippen LogP) is 2.92. The minimum absolute atomic E-state index is 0.0383. The van der Waals surface area contributed by atoms with E-state index in [-0.39, 0.29) is 15.1 Å². The van der Waals surface area contributed by atoms with Gasteiger partial charge in [0.25, 0.3) is 5.91 Å². The smallest absolute Gasteiger partial charge is 0.360 e. The molecular formula is C13H10Cl2N2O3S. The van der Waals surface area contributed by atoms with Crippen LogP contribution in [0.4, 0.5) is 0 Å². The van der Waals surface area contributed by atoms with E-state index in [1.807, 2.05) is 30.3 Å². The fourth-order valence-corrected chi connectivity index (χ4v) is 2.41. The lowest BCUT2D eigenvalue weighted by molar-refractivity contribution is -0.124. The Bertz CT molecular complexity index is 646. The zero-order valence-electron chi connectivity index (χ0n) is 10.6. The molecule has 0 aliphatic rings. The van der Waals surface area contributed by atoms with Crippen LogP contribution in [0.1, 0.15) is 16.1 Å². The lowest BCUT2D eigenvalue weighted by atomic mass is 10.2. The number of benzene rings is 1. The number of hydrogen-bond donors (Lipinski definition) is 1. The summed E-state index contributed by atoms with van der Waals surface area (Å²) in [7, 11) is 0. The van der Waals surface area contributed by atoms with Crippen molar-refractivity contribution in [3.8, 4) is 0 Å². The molecule has 0 aliphatic carbocycles. The summed E-state index contributed by atoms with van der Waals surface area (Å²) in [5.41, 5.74) is 0.869. The van der Waals surface area contributed by atoms with Crippen LogP contribution in [0.25, 0.3) is 0 Å². The first kappa shape index (κ1) is 15.8. The second-order valence-corrected chi connectivity index (χ2v) is 5.71. The number of amides is 1. The average Bonchev–Trinajstić information content (AvgIpc) is 2.83. The zero-order chi connectivity index (χ0) is 15.2. The maximum absolute atomic E-state index is 11.7. The van der Waals surface area contributed by atoms with Gasteiger partial charge in [0.05, 0.1) is 0 Å². The van der Waals surface area contributed by atoms with Gasteiger partial charge in [0.2, 0.25) is 0 Å². The van der Waals surface area contributed by atoms with Crippen LogP contribution in [0.15, 0.2) is 30.3 Å². The fourth-order valence-electron chi connectivity index (χ4n) is 1.43. The quantitative estimate of drug-likeness (QED) is 0.846. The van der Waals surface area contributed by atoms with Gasteiger partial charge in [-0.15, -0.1) is 0 Å². The molecule has 2 rings (SSSR count). The molecule has 1 aromatic carbocycles. The highest BCUT2D eigenvalue weighted by molar-refractivity contribution is 7.11. The number of aromatic nitrogens is 1. The topological polar surface area (TPSA) is 68.3 Å². The van der Waals surface area contributed by atoms with Gasteiger partial charge in [-0.2, -0.15) is 4.37 Å². The molecule has 0 saturated carbocycles. The standard InChI is InChI=1S/C13H10Cl2N2O3S/c14-10-11(17-21-12(10)15)13(19)20-7-9(18)16-6-8-4-2-1-3-5-8/h1-5H,6-7H2,(H,16,18). The minimum atomic E-state index is -0.780. The summed E-state index contributed by atoms with van der Waals surface area (Å²) in [4.78, 5) is 23.2. The van der Waals surface area contributed by atoms with Crippen molar-refractivity contribution >= 4 is 46.6 Å². The maximum atomic E-state index is 11.7. The van der Waals surface area contributed by atoms with Gasteiger partial charge in [-0.3, -0.25) is 4.79 Å². The average molecular weight is 345 g/mol. The van der Waals surface area contributed by atoms with Crippen molar-refractivity contribution in [3.63, 3.8) is 0 Å². The molecule has 2 aromatic rings. The van der Waals surface area contributed by atoms with Crippen LogP contribution < -0.4 is 5.32 Å². The SMILES string of the molecule is O=C(COC(=O)c1nsc(Cl)c1Cl)NCc1ccccc1. The Kier molecular flexibility index (Phi) is 5.55. The third-order valence-corrected chi connectivity index (χ3v) is 4.07. The molecule has 1 heterocycles. The van der Waals surface area contributed by atoms with E-state index in [2.05, 4.69) is 9.69 Å². The van der Waals surface area contributed by atoms with Gasteiger partial charge < -0.3 is 10.1 Å². The molecular weight excluding hydrogens is 335 g/mol. The molecule has 0 radical (unpaired) electrons. The van der Waals surface area contributed by atoms with Crippen molar-refractivity contribution in [1.82, 2.24) is 9.69 Å². The highest BCUT2D eigenvalue weighted by Crippen LogP contribution is 2.29. The van der Waals surface area contributed by atoms with Gasteiger partial charge in [-0.25, -0.2) is 4.79 Å². The number of carbonyl (C=O) groups excluding carboxylic acids is 2. The summed E-state index contributed by atoms with van der Waals surface area (Å²) in [5.74, 6) is -1.19. The molecule has 8 heteroatoms. The Balaban J connectivity index is 1.79. The molecule has 0 fully saturated rings. The number of nitrogens with zero attached hydrogens (tertiary/aromatic N) is 1. The molecule has 0 atom stereocenters. The third-order valence-electron chi connectivity index (χ3n) is 2.46. The van der Waals surface area contributed by atoms with Gasteiger partial charge in [-0.1, -0.05) is 53.5 Å². The summed E-state index contributed by atoms with van der Waals surface area (Å²) in [6.07, 6.45) is 0. The Morgan fingerprint density at radius 1 is 1.24 bits per heavy atom. The van der Waals surface area contributed by atoms with Crippen LogP contribution in [0.3, 0.4) is 0 Å². The van der Waals surface area contributed by atoms with E-state index >= 15 is 0 Å². The van der Waals surface area contributed by atoms with Crippen LogP contribution in [0.5, 0.6) is 0 Å². The van der Waals surface area contributed by atoms with E-state index in [4.69, 9.17) is 27.9 Å². The molecule has 1 aromatic heterocycles. The van der Waals surface area contributed by atoms with E-state index in [9.17, 15) is 9.59 Å². The van der Waals surface area contributed by atoms with Crippen molar-refractivity contribution in [3.05, 3.63) is 50.9 Å². The lowest BCUT2D eigenvalue weighted by Crippen LogP contribution is -2.28. The number of ether oxygens (including phenoxy) is 1. The molecule has 1 N–H and O–H groups in total. The zero-order valence-corrected chi connectivity index (χ0v) is 13.0. The largest absolute Gasteiger partial charge is 0.451 e. The van der Waals surface area contributed by atoms with Crippen LogP contribution >= 0.6 is 34.7 Å². The first-order valence-corrected chi connectivity index (χ1v) is 7.39. The summed E-state index contributed by atoms with van der Waals surface area (Å²) in [6.45, 7) is -0.0440. The minimum Gasteiger partial charge on any atom is -0.451 e. The van der Waals surface area contributed by atoms with Gasteiger partial charge >= 0.3 is 5.97 Å². The normalized spacial score (nSPS) is 10.2. The number of rotatable bonds is 5. The van der Waals surface area contributed by atoms with Crippen LogP contribution in [-0.4, -0.2) is 22.9 Å². The second kappa shape index (κ2) is 7.40. The summed E-state index contributed by atoms with van der Waals surface area (Å²) >= 11 is 12.3. The highest BCUT2D eigenvalue weighted by Gasteiger charge is 2.19. The van der Waals surface area contributed by atoms with Crippen LogP contribution in [0.2, 0.25) is 9.36 Å². The van der Waals surface area contributed by atoms with Gasteiger partial charge in [0.15, 0.2) is 12.3 Å². The van der Waals surface area contributed by atoms with E-state index < -0.39 is 18.5 Å². The van der Waals surface area contributed by atoms with E-state index in [0.717, 1.165) is 17.1 Å². The van der Waals surface area contributed by atoms with Gasteiger partial charge in [-0.05, 0) is 17.1 Å². The Hall–Kier alpha value is -1.63. The molecule has 0 spiro atoms. The van der Waals surface area contributed by atoms with Gasteiger partial charge in [0, 0.05) is 6.54 Å². The first-order valence-electron chi connectivity index (χ1n) is 5.86. The number of carbonyl (C=O) groups is 2. The Morgan fingerprint density at radius 3 is 2.57 bits per heavy atom. The van der Waals surface area contributed by atoms with E-state index in [1.165, 1.54) is 0 Å². The van der Waals surface area contributed by atoms with E-state index in [0.29, 0.717) is 6.54 Å². The Morgan fingerprint density at radius 2 is 1.95 bits per heavy atom. The molecule has 21 heavy (non-hydrogen) atoms. The number of hydrogen-bond acceptors (Lipinski definition) is 5. The number of esters is 1.